The van der Waals surface area contributed by atoms with E-state index in [-0.39, 0.29) is 28.4 Å². The summed E-state index contributed by atoms with van der Waals surface area (Å²) in [4.78, 5) is 9.33. The van der Waals surface area contributed by atoms with Gasteiger partial charge in [-0.05, 0) is 213 Å². The molecule has 0 unspecified atom stereocenters. The van der Waals surface area contributed by atoms with Crippen LogP contribution in [0.2, 0.25) is 0 Å². The van der Waals surface area contributed by atoms with Crippen molar-refractivity contribution in [3.05, 3.63) is 360 Å². The van der Waals surface area contributed by atoms with Gasteiger partial charge in [0.15, 0.2) is 5.69 Å². The molecule has 17 aromatic rings. The molecule has 0 aliphatic carbocycles. The average Bonchev–Trinajstić information content (AvgIpc) is 1.03. The van der Waals surface area contributed by atoms with Gasteiger partial charge in [-0.1, -0.05) is 322 Å². The van der Waals surface area contributed by atoms with Crippen LogP contribution < -0.4 is 26.2 Å². The monoisotopic (exact) mass is 1540 g/mol. The van der Waals surface area contributed by atoms with Gasteiger partial charge in [-0.25, -0.2) is 4.85 Å². The van der Waals surface area contributed by atoms with Crippen molar-refractivity contribution in [2.45, 2.75) is 131 Å². The lowest BCUT2D eigenvalue weighted by molar-refractivity contribution is 0.590. The van der Waals surface area contributed by atoms with Gasteiger partial charge in [0.05, 0.1) is 51.6 Å². The molecule has 119 heavy (non-hydrogen) atoms. The maximum Gasteiger partial charge on any atom is 0.252 e. The van der Waals surface area contributed by atoms with E-state index < -0.39 is 5.41 Å². The lowest BCUT2D eigenvalue weighted by Crippen LogP contribution is -2.61. The van der Waals surface area contributed by atoms with Crippen molar-refractivity contribution in [3.8, 4) is 84.2 Å². The normalized spacial score (nSPS) is 12.9. The second kappa shape index (κ2) is 28.2. The third kappa shape index (κ3) is 13.0. The Labute approximate surface area is 701 Å². The summed E-state index contributed by atoms with van der Waals surface area (Å²) in [6.07, 6.45) is 0. The summed E-state index contributed by atoms with van der Waals surface area (Å²) in [5.41, 5.74) is 35.8. The number of nitrogens with zero attached hydrogens (tertiary/aromatic N) is 6. The van der Waals surface area contributed by atoms with Gasteiger partial charge in [-0.15, -0.1) is 0 Å². The van der Waals surface area contributed by atoms with Crippen molar-refractivity contribution >= 4 is 107 Å². The topological polar surface area (TPSA) is 44.5 Å². The minimum absolute atomic E-state index is 0.119. The molecule has 0 fully saturated rings. The predicted octanol–water partition coefficient (Wildman–Crippen LogP) is 28.9. The largest absolute Gasteiger partial charge is 0.310 e. The number of aromatic nitrogens is 2. The number of nitriles is 1. The van der Waals surface area contributed by atoms with E-state index in [2.05, 4.69) is 425 Å². The van der Waals surface area contributed by atoms with Crippen LogP contribution in [0.1, 0.15) is 137 Å². The standard InChI is InChI=1S/C112H97BN6/c1-108(2,3)79-47-37-73(38-48-79)91-61-77(71-35-33-70(69-114)34-36-71)62-92(74-39-49-80(50-40-74)109(4,5)6)106(91)118-101-67-85(116-97-29-21-17-25-87(97)88-26-18-22-30-98(88)116)57-59-95(101)113-96-60-58-86(117-99-31-23-19-27-89(99)90-28-20-24-32-100(90)117)68-102(96)119(104-66-83(112(13,14)15)65-103(118)105(104)113)107-93(75-41-51-81(52-42-75)110(7,8)9)63-78(72-45-55-84(115-16)56-46-72)64-94(107)76-43-53-82(54-44-76)111(10,11)12/h17-68H,1-15H3. The van der Waals surface area contributed by atoms with E-state index >= 15 is 0 Å². The molecule has 2 aliphatic heterocycles. The molecule has 0 N–H and O–H groups in total. The minimum Gasteiger partial charge on any atom is -0.310 e. The van der Waals surface area contributed by atoms with E-state index in [1.807, 2.05) is 24.3 Å². The first-order valence-electron chi connectivity index (χ1n) is 41.9. The van der Waals surface area contributed by atoms with Crippen molar-refractivity contribution in [2.24, 2.45) is 0 Å². The van der Waals surface area contributed by atoms with E-state index in [9.17, 15) is 5.26 Å². The molecule has 0 atom stereocenters. The van der Waals surface area contributed by atoms with E-state index in [4.69, 9.17) is 6.57 Å². The summed E-state index contributed by atoms with van der Waals surface area (Å²) in [5, 5.41) is 15.1. The Morgan fingerprint density at radius 1 is 0.286 bits per heavy atom. The zero-order valence-corrected chi connectivity index (χ0v) is 70.8. The SMILES string of the molecule is [C-]#[N+]c1ccc(-c2cc(-c3ccc(C(C)(C)C)cc3)c(N3c4cc(-n5c6ccccc6c6ccccc65)ccc4B4c5ccc(-n6c7ccccc7c7ccccc76)cc5N(c5c(-c6ccc(C(C)(C)C)cc6)cc(-c6ccc(C#N)cc6)cc5-c5ccc(C(C)(C)C)cc5)c5cc(C(C)(C)C)cc3c54)c(-c3ccc(C(C)(C)C)cc3)c2)cc1. The number of hydrogen-bond acceptors (Lipinski definition) is 3. The van der Waals surface area contributed by atoms with Gasteiger partial charge < -0.3 is 18.9 Å². The molecule has 7 heteroatoms. The molecule has 0 spiro atoms. The third-order valence-corrected chi connectivity index (χ3v) is 25.2. The van der Waals surface area contributed by atoms with Gasteiger partial charge in [-0.3, -0.25) is 0 Å². The van der Waals surface area contributed by atoms with Crippen LogP contribution in [0, 0.1) is 17.9 Å². The molecule has 15 aromatic carbocycles. The van der Waals surface area contributed by atoms with E-state index in [0.29, 0.717) is 11.3 Å². The molecular formula is C112H97BN6. The number of fused-ring (bicyclic) bond motifs is 10. The Morgan fingerprint density at radius 3 is 0.857 bits per heavy atom. The van der Waals surface area contributed by atoms with Crippen molar-refractivity contribution in [1.29, 1.82) is 5.26 Å². The summed E-state index contributed by atoms with van der Waals surface area (Å²) in [7, 11) is 0. The molecule has 0 saturated heterocycles. The van der Waals surface area contributed by atoms with Crippen LogP contribution in [0.25, 0.3) is 127 Å². The fourth-order valence-electron chi connectivity index (χ4n) is 18.6. The maximum atomic E-state index is 10.4. The molecule has 19 rings (SSSR count). The van der Waals surface area contributed by atoms with Crippen molar-refractivity contribution in [2.75, 3.05) is 9.80 Å². The molecule has 0 saturated carbocycles. The highest BCUT2D eigenvalue weighted by Gasteiger charge is 2.47. The van der Waals surface area contributed by atoms with Gasteiger partial charge in [-0.2, -0.15) is 5.26 Å². The molecule has 578 valence electrons. The van der Waals surface area contributed by atoms with Gasteiger partial charge in [0.1, 0.15) is 0 Å². The van der Waals surface area contributed by atoms with Crippen LogP contribution in [0.15, 0.2) is 315 Å². The Kier molecular flexibility index (Phi) is 17.9. The van der Waals surface area contributed by atoms with Gasteiger partial charge in [0.25, 0.3) is 6.71 Å². The zero-order valence-electron chi connectivity index (χ0n) is 70.8. The number of anilines is 6. The smallest absolute Gasteiger partial charge is 0.252 e. The van der Waals surface area contributed by atoms with Gasteiger partial charge in [0, 0.05) is 77.9 Å². The average molecular weight is 1540 g/mol. The van der Waals surface area contributed by atoms with E-state index in [1.165, 1.54) is 65.8 Å². The quantitative estimate of drug-likeness (QED) is 0.101. The molecule has 0 radical (unpaired) electrons. The fourth-order valence-corrected chi connectivity index (χ4v) is 18.6. The van der Waals surface area contributed by atoms with Crippen LogP contribution in [-0.2, 0) is 27.1 Å². The molecule has 0 bridgehead atoms. The lowest BCUT2D eigenvalue weighted by Gasteiger charge is -2.46. The maximum absolute atomic E-state index is 10.4. The fraction of sp³-hybridized carbons (Fsp3) is 0.179. The predicted molar refractivity (Wildman–Crippen MR) is 506 cm³/mol. The minimum atomic E-state index is -0.427. The summed E-state index contributed by atoms with van der Waals surface area (Å²) in [6, 6.07) is 122. The number of benzene rings is 15. The first-order valence-corrected chi connectivity index (χ1v) is 41.9. The molecule has 0 amide bonds. The first kappa shape index (κ1) is 75.6. The molecule has 2 aromatic heterocycles. The second-order valence-corrected chi connectivity index (χ2v) is 38.0. The zero-order chi connectivity index (χ0) is 82.5. The number of hydrogen-bond donors (Lipinski definition) is 0. The van der Waals surface area contributed by atoms with Gasteiger partial charge >= 0.3 is 0 Å². The highest BCUT2D eigenvalue weighted by molar-refractivity contribution is 7.00. The molecule has 2 aliphatic rings. The Bertz CT molecular complexity index is 6350. The van der Waals surface area contributed by atoms with Gasteiger partial charge in [0.2, 0.25) is 0 Å². The van der Waals surface area contributed by atoms with Crippen LogP contribution in [0.3, 0.4) is 0 Å². The lowest BCUT2D eigenvalue weighted by atomic mass is 9.33. The molecular weight excluding hydrogens is 1440 g/mol. The van der Waals surface area contributed by atoms with Crippen molar-refractivity contribution in [1.82, 2.24) is 9.13 Å². The first-order chi connectivity index (χ1) is 57.1. The van der Waals surface area contributed by atoms with Crippen LogP contribution >= 0.6 is 0 Å². The van der Waals surface area contributed by atoms with Crippen molar-refractivity contribution < 1.29 is 0 Å². The molecule has 4 heterocycles. The highest BCUT2D eigenvalue weighted by Crippen LogP contribution is 2.57. The molecule has 6 nitrogen and oxygen atoms in total. The second-order valence-electron chi connectivity index (χ2n) is 38.0. The highest BCUT2D eigenvalue weighted by atomic mass is 15.2. The Hall–Kier alpha value is -13.5. The van der Waals surface area contributed by atoms with E-state index in [1.54, 1.807) is 0 Å². The summed E-state index contributed by atoms with van der Waals surface area (Å²) >= 11 is 0. The van der Waals surface area contributed by atoms with Crippen molar-refractivity contribution in [3.63, 3.8) is 0 Å². The van der Waals surface area contributed by atoms with Crippen LogP contribution in [0.4, 0.5) is 39.8 Å². The third-order valence-electron chi connectivity index (χ3n) is 25.2. The summed E-state index contributed by atoms with van der Waals surface area (Å²) in [6.45, 7) is 42.6. The Morgan fingerprint density at radius 2 is 0.571 bits per heavy atom. The number of rotatable bonds is 10. The summed E-state index contributed by atoms with van der Waals surface area (Å²) < 4.78 is 4.98. The van der Waals surface area contributed by atoms with Crippen LogP contribution in [0.5, 0.6) is 0 Å². The number of para-hydroxylation sites is 4. The van der Waals surface area contributed by atoms with E-state index in [0.717, 1.165) is 134 Å². The van der Waals surface area contributed by atoms with Crippen LogP contribution in [-0.4, -0.2) is 15.8 Å². The Balaban J connectivity index is 1.01. The summed E-state index contributed by atoms with van der Waals surface area (Å²) in [5.74, 6) is 0.